The first-order valence-electron chi connectivity index (χ1n) is 10.7. The van der Waals surface area contributed by atoms with E-state index in [9.17, 15) is 22.0 Å². The summed E-state index contributed by atoms with van der Waals surface area (Å²) in [5.41, 5.74) is 0.253. The molecule has 1 amide bonds. The molecule has 0 aliphatic carbocycles. The summed E-state index contributed by atoms with van der Waals surface area (Å²) in [4.78, 5) is 13.4. The van der Waals surface area contributed by atoms with Gasteiger partial charge in [0.2, 0.25) is 15.9 Å². The first kappa shape index (κ1) is 24.2. The van der Waals surface area contributed by atoms with Crippen LogP contribution in [0.1, 0.15) is 34.7 Å². The molecule has 180 valence electrons. The number of hydrogen-bond donors (Lipinski definition) is 1. The van der Waals surface area contributed by atoms with Crippen LogP contribution in [0.15, 0.2) is 45.1 Å². The predicted molar refractivity (Wildman–Crippen MR) is 124 cm³/mol. The van der Waals surface area contributed by atoms with Crippen molar-refractivity contribution >= 4 is 39.4 Å². The second-order valence-corrected chi connectivity index (χ2v) is 10.8. The van der Waals surface area contributed by atoms with E-state index in [1.807, 2.05) is 17.5 Å². The zero-order chi connectivity index (χ0) is 24.3. The summed E-state index contributed by atoms with van der Waals surface area (Å²) in [6.45, 7) is 2.33. The molecule has 1 N–H and O–H groups in total. The lowest BCUT2D eigenvalue weighted by molar-refractivity contribution is -0.126. The molecular weight excluding hydrogens is 484 g/mol. The minimum Gasteiger partial charge on any atom is -0.355 e. The normalized spacial score (nSPS) is 15.7. The van der Waals surface area contributed by atoms with Gasteiger partial charge in [0.1, 0.15) is 17.3 Å². The molecule has 3 aromatic rings. The van der Waals surface area contributed by atoms with Crippen molar-refractivity contribution < 1.29 is 26.5 Å². The second-order valence-electron chi connectivity index (χ2n) is 7.94. The van der Waals surface area contributed by atoms with Crippen LogP contribution in [0, 0.1) is 24.5 Å². The number of benzene rings is 1. The second kappa shape index (κ2) is 10.2. The molecule has 3 heterocycles. The largest absolute Gasteiger partial charge is 0.355 e. The van der Waals surface area contributed by atoms with Crippen molar-refractivity contribution in [2.75, 3.05) is 13.1 Å². The number of halogens is 2. The Morgan fingerprint density at radius 2 is 2.03 bits per heavy atom. The molecule has 0 radical (unpaired) electrons. The predicted octanol–water partition coefficient (Wildman–Crippen LogP) is 4.21. The Kier molecular flexibility index (Phi) is 7.24. The number of rotatable bonds is 7. The Balaban J connectivity index is 1.44. The zero-order valence-electron chi connectivity index (χ0n) is 18.3. The lowest BCUT2D eigenvalue weighted by atomic mass is 9.97. The number of aromatic nitrogens is 1. The smallest absolute Gasteiger partial charge is 0.248 e. The van der Waals surface area contributed by atoms with Gasteiger partial charge in [-0.3, -0.25) is 4.79 Å². The molecule has 0 atom stereocenters. The van der Waals surface area contributed by atoms with Crippen molar-refractivity contribution in [1.29, 1.82) is 0 Å². The highest BCUT2D eigenvalue weighted by molar-refractivity contribution is 7.89. The van der Waals surface area contributed by atoms with Crippen molar-refractivity contribution in [2.45, 2.75) is 31.2 Å². The summed E-state index contributed by atoms with van der Waals surface area (Å²) < 4.78 is 60.2. The van der Waals surface area contributed by atoms with Gasteiger partial charge in [0.25, 0.3) is 0 Å². The first-order valence-corrected chi connectivity index (χ1v) is 13.0. The van der Waals surface area contributed by atoms with Gasteiger partial charge >= 0.3 is 0 Å². The van der Waals surface area contributed by atoms with Crippen LogP contribution >= 0.6 is 11.3 Å². The third kappa shape index (κ3) is 5.26. The van der Waals surface area contributed by atoms with Crippen LogP contribution in [0.25, 0.3) is 12.2 Å². The number of carbonyl (C=O) groups is 1. The van der Waals surface area contributed by atoms with E-state index in [0.29, 0.717) is 19.4 Å². The Hall–Kier alpha value is -2.89. The van der Waals surface area contributed by atoms with Gasteiger partial charge in [-0.15, -0.1) is 11.3 Å². The molecular formula is C23H23F2N3O4S2. The van der Waals surface area contributed by atoms with E-state index in [0.717, 1.165) is 17.0 Å². The number of piperidine rings is 1. The van der Waals surface area contributed by atoms with E-state index < -0.39 is 21.7 Å². The summed E-state index contributed by atoms with van der Waals surface area (Å²) in [6.07, 6.45) is 3.39. The molecule has 0 saturated carbocycles. The van der Waals surface area contributed by atoms with Crippen LogP contribution < -0.4 is 5.32 Å². The Labute approximate surface area is 200 Å². The average Bonchev–Trinajstić information content (AvgIpc) is 3.47. The fourth-order valence-corrected chi connectivity index (χ4v) is 6.18. The molecule has 0 unspecified atom stereocenters. The maximum Gasteiger partial charge on any atom is 0.248 e. The van der Waals surface area contributed by atoms with E-state index in [1.165, 1.54) is 29.4 Å². The van der Waals surface area contributed by atoms with Gasteiger partial charge in [-0.05, 0) is 55.5 Å². The number of carbonyl (C=O) groups excluding carboxylic acids is 1. The minimum atomic E-state index is -3.96. The Bertz CT molecular complexity index is 1300. The van der Waals surface area contributed by atoms with Gasteiger partial charge in [0.15, 0.2) is 10.7 Å². The number of sulfonamides is 1. The third-order valence-electron chi connectivity index (χ3n) is 5.65. The highest BCUT2D eigenvalue weighted by atomic mass is 32.2. The lowest BCUT2D eigenvalue weighted by Crippen LogP contribution is -2.43. The Morgan fingerprint density at radius 1 is 1.26 bits per heavy atom. The van der Waals surface area contributed by atoms with Crippen LogP contribution in [-0.2, 0) is 21.4 Å². The standard InChI is InChI=1S/C23H23F2N3O4S2/c1-15-22(21(32-27-15)7-5-16-4-6-18(24)13-20(16)25)34(30,31)28-10-8-17(9-11-28)23(29)26-14-19-3-2-12-33-19/h2-7,12-13,17H,8-11,14H2,1H3,(H,26,29). The minimum absolute atomic E-state index is 0.0444. The quantitative estimate of drug-likeness (QED) is 0.517. The van der Waals surface area contributed by atoms with E-state index in [-0.39, 0.29) is 46.8 Å². The molecule has 1 aliphatic rings. The number of amides is 1. The molecule has 1 aliphatic heterocycles. The van der Waals surface area contributed by atoms with Crippen molar-refractivity contribution in [1.82, 2.24) is 14.8 Å². The van der Waals surface area contributed by atoms with E-state index >= 15 is 0 Å². The molecule has 11 heteroatoms. The highest BCUT2D eigenvalue weighted by Gasteiger charge is 2.35. The van der Waals surface area contributed by atoms with E-state index in [2.05, 4.69) is 10.5 Å². The summed E-state index contributed by atoms with van der Waals surface area (Å²) in [5, 5.41) is 8.62. The van der Waals surface area contributed by atoms with E-state index in [4.69, 9.17) is 4.52 Å². The number of thiophene rings is 1. The van der Waals surface area contributed by atoms with Crippen molar-refractivity contribution in [2.24, 2.45) is 5.92 Å². The van der Waals surface area contributed by atoms with Gasteiger partial charge in [0.05, 0.1) is 6.54 Å². The molecule has 7 nitrogen and oxygen atoms in total. The molecule has 0 spiro atoms. The molecule has 0 bridgehead atoms. The number of nitrogens with one attached hydrogen (secondary N) is 1. The van der Waals surface area contributed by atoms with Crippen molar-refractivity contribution in [3.8, 4) is 0 Å². The van der Waals surface area contributed by atoms with Crippen molar-refractivity contribution in [3.63, 3.8) is 0 Å². The van der Waals surface area contributed by atoms with Gasteiger partial charge in [0, 0.05) is 35.5 Å². The van der Waals surface area contributed by atoms with Crippen molar-refractivity contribution in [3.05, 3.63) is 69.2 Å². The molecule has 4 rings (SSSR count). The fourth-order valence-electron chi connectivity index (χ4n) is 3.82. The molecule has 34 heavy (non-hydrogen) atoms. The van der Waals surface area contributed by atoms with Crippen LogP contribution in [0.2, 0.25) is 0 Å². The Morgan fingerprint density at radius 3 is 2.71 bits per heavy atom. The van der Waals surface area contributed by atoms with Gasteiger partial charge < -0.3 is 9.84 Å². The monoisotopic (exact) mass is 507 g/mol. The molecule has 1 aromatic carbocycles. The SMILES string of the molecule is Cc1noc(C=Cc2ccc(F)cc2F)c1S(=O)(=O)N1CCC(C(=O)NCc2cccs2)CC1. The van der Waals surface area contributed by atoms with Gasteiger partial charge in [-0.1, -0.05) is 11.2 Å². The summed E-state index contributed by atoms with van der Waals surface area (Å²) in [7, 11) is -3.96. The number of aryl methyl sites for hydroxylation is 1. The summed E-state index contributed by atoms with van der Waals surface area (Å²) >= 11 is 1.56. The van der Waals surface area contributed by atoms with E-state index in [1.54, 1.807) is 11.3 Å². The van der Waals surface area contributed by atoms with Crippen LogP contribution in [0.4, 0.5) is 8.78 Å². The topological polar surface area (TPSA) is 92.5 Å². The zero-order valence-corrected chi connectivity index (χ0v) is 20.0. The number of nitrogens with zero attached hydrogens (tertiary/aromatic N) is 2. The summed E-state index contributed by atoms with van der Waals surface area (Å²) in [6, 6.07) is 6.95. The fraction of sp³-hybridized carbons (Fsp3) is 0.304. The maximum atomic E-state index is 13.9. The number of hydrogen-bond acceptors (Lipinski definition) is 6. The lowest BCUT2D eigenvalue weighted by Gasteiger charge is -2.30. The molecule has 1 fully saturated rings. The summed E-state index contributed by atoms with van der Waals surface area (Å²) in [5.74, 6) is -1.89. The maximum absolute atomic E-state index is 13.9. The molecule has 2 aromatic heterocycles. The first-order chi connectivity index (χ1) is 16.3. The van der Waals surface area contributed by atoms with Gasteiger partial charge in [-0.2, -0.15) is 4.31 Å². The van der Waals surface area contributed by atoms with Crippen LogP contribution in [0.3, 0.4) is 0 Å². The molecule has 1 saturated heterocycles. The van der Waals surface area contributed by atoms with Crippen LogP contribution in [-0.4, -0.2) is 36.9 Å². The third-order valence-corrected chi connectivity index (χ3v) is 8.58. The highest BCUT2D eigenvalue weighted by Crippen LogP contribution is 2.29. The van der Waals surface area contributed by atoms with Crippen LogP contribution in [0.5, 0.6) is 0 Å². The average molecular weight is 508 g/mol. The van der Waals surface area contributed by atoms with Gasteiger partial charge in [-0.25, -0.2) is 17.2 Å².